The van der Waals surface area contributed by atoms with E-state index in [1.54, 1.807) is 12.1 Å². The van der Waals surface area contributed by atoms with Crippen LogP contribution in [0.5, 0.6) is 0 Å². The fourth-order valence-electron chi connectivity index (χ4n) is 1.80. The first-order valence-corrected chi connectivity index (χ1v) is 5.79. The second kappa shape index (κ2) is 5.06. The van der Waals surface area contributed by atoms with Crippen LogP contribution in [0.15, 0.2) is 48.1 Å². The van der Waals surface area contributed by atoms with E-state index in [4.69, 9.17) is 17.3 Å². The third kappa shape index (κ3) is 2.88. The highest BCUT2D eigenvalue weighted by Gasteiger charge is 2.10. The standard InChI is InChI=1S/C14H12O2S/c15-14(16)13-4-2-1-3-11(13)9-10-5-7-12(17)8-6-10/h1-7H,8-9H2,(H,15,16). The number of carbonyl (C=O) groups is 1. The molecule has 2 rings (SSSR count). The predicted octanol–water partition coefficient (Wildman–Crippen LogP) is 3.18. The first-order chi connectivity index (χ1) is 8.16. The van der Waals surface area contributed by atoms with Crippen LogP contribution in [0.2, 0.25) is 0 Å². The topological polar surface area (TPSA) is 37.3 Å². The maximum atomic E-state index is 11.1. The van der Waals surface area contributed by atoms with Gasteiger partial charge in [-0.15, -0.1) is 0 Å². The average molecular weight is 244 g/mol. The summed E-state index contributed by atoms with van der Waals surface area (Å²) in [6, 6.07) is 7.09. The number of hydrogen-bond donors (Lipinski definition) is 1. The predicted molar refractivity (Wildman–Crippen MR) is 71.5 cm³/mol. The van der Waals surface area contributed by atoms with Gasteiger partial charge in [0.1, 0.15) is 0 Å². The zero-order valence-electron chi connectivity index (χ0n) is 9.22. The summed E-state index contributed by atoms with van der Waals surface area (Å²) in [7, 11) is 0. The van der Waals surface area contributed by atoms with Gasteiger partial charge < -0.3 is 5.11 Å². The molecule has 0 aromatic heterocycles. The monoisotopic (exact) mass is 244 g/mol. The van der Waals surface area contributed by atoms with Crippen LogP contribution in [0.3, 0.4) is 0 Å². The molecule has 1 aliphatic carbocycles. The number of carboxylic acid groups (broad SMARTS) is 1. The van der Waals surface area contributed by atoms with Gasteiger partial charge in [0, 0.05) is 11.3 Å². The normalized spacial score (nSPS) is 14.6. The zero-order chi connectivity index (χ0) is 12.3. The molecular weight excluding hydrogens is 232 g/mol. The van der Waals surface area contributed by atoms with E-state index >= 15 is 0 Å². The van der Waals surface area contributed by atoms with Crippen LogP contribution in [0, 0.1) is 0 Å². The molecule has 0 unspecified atom stereocenters. The van der Waals surface area contributed by atoms with E-state index < -0.39 is 5.97 Å². The van der Waals surface area contributed by atoms with E-state index in [-0.39, 0.29) is 0 Å². The van der Waals surface area contributed by atoms with Crippen molar-refractivity contribution in [2.45, 2.75) is 12.8 Å². The number of carboxylic acids is 1. The Hall–Kier alpha value is -1.74. The minimum Gasteiger partial charge on any atom is -0.478 e. The van der Waals surface area contributed by atoms with Crippen LogP contribution in [0.1, 0.15) is 22.3 Å². The molecule has 0 atom stereocenters. The van der Waals surface area contributed by atoms with Crippen LogP contribution < -0.4 is 0 Å². The molecule has 0 amide bonds. The minimum absolute atomic E-state index is 0.370. The van der Waals surface area contributed by atoms with Crippen molar-refractivity contribution >= 4 is 23.1 Å². The Bertz CT molecular complexity index is 527. The Balaban J connectivity index is 2.22. The molecule has 0 heterocycles. The molecule has 0 aliphatic heterocycles. The molecule has 1 N–H and O–H groups in total. The van der Waals surface area contributed by atoms with Crippen LogP contribution in [-0.4, -0.2) is 15.9 Å². The van der Waals surface area contributed by atoms with Crippen LogP contribution in [-0.2, 0) is 6.42 Å². The highest BCUT2D eigenvalue weighted by molar-refractivity contribution is 7.80. The summed E-state index contributed by atoms with van der Waals surface area (Å²) in [5.74, 6) is -0.878. The van der Waals surface area contributed by atoms with E-state index in [9.17, 15) is 4.79 Å². The molecule has 86 valence electrons. The van der Waals surface area contributed by atoms with Crippen molar-refractivity contribution in [1.29, 1.82) is 0 Å². The lowest BCUT2D eigenvalue weighted by Gasteiger charge is -2.09. The summed E-state index contributed by atoms with van der Waals surface area (Å²) < 4.78 is 0. The molecule has 17 heavy (non-hydrogen) atoms. The molecule has 1 aromatic carbocycles. The molecule has 0 fully saturated rings. The number of aromatic carboxylic acids is 1. The van der Waals surface area contributed by atoms with Crippen molar-refractivity contribution in [3.63, 3.8) is 0 Å². The molecule has 1 aromatic rings. The molecular formula is C14H12O2S. The number of hydrogen-bond acceptors (Lipinski definition) is 2. The van der Waals surface area contributed by atoms with Crippen molar-refractivity contribution in [2.75, 3.05) is 0 Å². The second-order valence-electron chi connectivity index (χ2n) is 3.92. The second-order valence-corrected chi connectivity index (χ2v) is 4.45. The third-order valence-corrected chi connectivity index (χ3v) is 2.99. The maximum Gasteiger partial charge on any atom is 0.335 e. The van der Waals surface area contributed by atoms with Gasteiger partial charge >= 0.3 is 5.97 Å². The summed E-state index contributed by atoms with van der Waals surface area (Å²) in [6.45, 7) is 0. The SMILES string of the molecule is O=C(O)c1ccccc1CC1=CCC(=S)C=C1. The minimum atomic E-state index is -0.878. The largest absolute Gasteiger partial charge is 0.478 e. The van der Waals surface area contributed by atoms with E-state index in [2.05, 4.69) is 6.08 Å². The Labute approximate surface area is 105 Å². The van der Waals surface area contributed by atoms with Gasteiger partial charge in [-0.25, -0.2) is 4.79 Å². The van der Waals surface area contributed by atoms with Crippen molar-refractivity contribution in [3.05, 3.63) is 59.2 Å². The van der Waals surface area contributed by atoms with E-state index in [0.717, 1.165) is 22.4 Å². The maximum absolute atomic E-state index is 11.1. The highest BCUT2D eigenvalue weighted by atomic mass is 32.1. The lowest BCUT2D eigenvalue weighted by Crippen LogP contribution is -2.04. The van der Waals surface area contributed by atoms with Crippen LogP contribution in [0.25, 0.3) is 0 Å². The Kier molecular flexibility index (Phi) is 3.49. The Morgan fingerprint density at radius 2 is 2.06 bits per heavy atom. The van der Waals surface area contributed by atoms with Gasteiger partial charge in [0.05, 0.1) is 5.56 Å². The van der Waals surface area contributed by atoms with Gasteiger partial charge in [0.2, 0.25) is 0 Å². The number of thiocarbonyl (C=S) groups is 1. The highest BCUT2D eigenvalue weighted by Crippen LogP contribution is 2.17. The van der Waals surface area contributed by atoms with Gasteiger partial charge in [-0.2, -0.15) is 0 Å². The van der Waals surface area contributed by atoms with Crippen molar-refractivity contribution in [1.82, 2.24) is 0 Å². The van der Waals surface area contributed by atoms with Gasteiger partial charge in [-0.3, -0.25) is 0 Å². The van der Waals surface area contributed by atoms with Crippen molar-refractivity contribution in [2.24, 2.45) is 0 Å². The number of allylic oxidation sites excluding steroid dienone is 4. The fraction of sp³-hybridized carbons (Fsp3) is 0.143. The van der Waals surface area contributed by atoms with Crippen molar-refractivity contribution in [3.8, 4) is 0 Å². The first-order valence-electron chi connectivity index (χ1n) is 5.38. The molecule has 0 saturated heterocycles. The fourth-order valence-corrected chi connectivity index (χ4v) is 1.95. The average Bonchev–Trinajstić information content (AvgIpc) is 2.32. The Morgan fingerprint density at radius 1 is 1.29 bits per heavy atom. The van der Waals surface area contributed by atoms with Crippen LogP contribution >= 0.6 is 12.2 Å². The van der Waals surface area contributed by atoms with Gasteiger partial charge in [-0.1, -0.05) is 42.6 Å². The smallest absolute Gasteiger partial charge is 0.335 e. The molecule has 0 radical (unpaired) electrons. The van der Waals surface area contributed by atoms with E-state index in [1.165, 1.54) is 0 Å². The molecule has 3 heteroatoms. The lowest BCUT2D eigenvalue weighted by atomic mass is 9.96. The summed E-state index contributed by atoms with van der Waals surface area (Å²) in [6.07, 6.45) is 7.34. The van der Waals surface area contributed by atoms with Gasteiger partial charge in [-0.05, 0) is 29.7 Å². The third-order valence-electron chi connectivity index (χ3n) is 2.69. The van der Waals surface area contributed by atoms with E-state index in [0.29, 0.717) is 12.0 Å². The lowest BCUT2D eigenvalue weighted by molar-refractivity contribution is 0.0696. The summed E-state index contributed by atoms with van der Waals surface area (Å²) in [4.78, 5) is 12.0. The van der Waals surface area contributed by atoms with Crippen molar-refractivity contribution < 1.29 is 9.90 Å². The zero-order valence-corrected chi connectivity index (χ0v) is 10.0. The van der Waals surface area contributed by atoms with Crippen LogP contribution in [0.4, 0.5) is 0 Å². The molecule has 0 spiro atoms. The summed E-state index contributed by atoms with van der Waals surface area (Å²) in [5, 5.41) is 9.08. The molecule has 2 nitrogen and oxygen atoms in total. The molecule has 0 bridgehead atoms. The quantitative estimate of drug-likeness (QED) is 0.830. The van der Waals surface area contributed by atoms with Gasteiger partial charge in [0.15, 0.2) is 0 Å². The number of rotatable bonds is 3. The molecule has 0 saturated carbocycles. The molecule has 1 aliphatic rings. The summed E-state index contributed by atoms with van der Waals surface area (Å²) in [5.41, 5.74) is 2.32. The van der Waals surface area contributed by atoms with Gasteiger partial charge in [0.25, 0.3) is 0 Å². The number of benzene rings is 1. The Morgan fingerprint density at radius 3 is 2.71 bits per heavy atom. The van der Waals surface area contributed by atoms with E-state index in [1.807, 2.05) is 24.3 Å². The first kappa shape index (κ1) is 11.7. The summed E-state index contributed by atoms with van der Waals surface area (Å²) >= 11 is 5.07.